The van der Waals surface area contributed by atoms with Gasteiger partial charge >= 0.3 is 0 Å². The van der Waals surface area contributed by atoms with Gasteiger partial charge in [0, 0.05) is 5.92 Å². The van der Waals surface area contributed by atoms with E-state index in [1.54, 1.807) is 0 Å². The molecule has 0 saturated carbocycles. The minimum absolute atomic E-state index is 0.411. The van der Waals surface area contributed by atoms with Gasteiger partial charge in [0.25, 0.3) is 0 Å². The molecule has 0 amide bonds. The molecule has 0 aromatic rings. The molecule has 0 aromatic heterocycles. The minimum atomic E-state index is 0.411. The molecule has 1 aliphatic heterocycles. The maximum absolute atomic E-state index is 5.43. The number of ether oxygens (including phenoxy) is 1. The Kier molecular flexibility index (Phi) is 1.91. The molecule has 9 heavy (non-hydrogen) atoms. The van der Waals surface area contributed by atoms with Crippen molar-refractivity contribution in [2.75, 3.05) is 6.61 Å². The maximum Gasteiger partial charge on any atom is 0.0678 e. The summed E-state index contributed by atoms with van der Waals surface area (Å²) in [6.07, 6.45) is 2.70. The second kappa shape index (κ2) is 2.53. The average molecular weight is 126 g/mol. The molecule has 1 rings (SSSR count). The molecule has 0 fully saturated rings. The van der Waals surface area contributed by atoms with Crippen LogP contribution < -0.4 is 0 Å². The smallest absolute Gasteiger partial charge is 0.0678 e. The van der Waals surface area contributed by atoms with E-state index in [2.05, 4.69) is 26.8 Å². The van der Waals surface area contributed by atoms with Crippen LogP contribution in [0.4, 0.5) is 0 Å². The largest absolute Gasteiger partial charge is 0.374 e. The Labute approximate surface area is 56.7 Å². The van der Waals surface area contributed by atoms with E-state index >= 15 is 0 Å². The molecule has 0 unspecified atom stereocenters. The van der Waals surface area contributed by atoms with Gasteiger partial charge in [0.2, 0.25) is 0 Å². The first-order valence-electron chi connectivity index (χ1n) is 3.49. The molecule has 0 bridgehead atoms. The Bertz CT molecular complexity index is 127. The van der Waals surface area contributed by atoms with Crippen molar-refractivity contribution in [3.63, 3.8) is 0 Å². The van der Waals surface area contributed by atoms with Crippen LogP contribution in [0.1, 0.15) is 20.8 Å². The van der Waals surface area contributed by atoms with Crippen molar-refractivity contribution in [2.45, 2.75) is 26.9 Å². The molecule has 1 heteroatoms. The summed E-state index contributed by atoms with van der Waals surface area (Å²) < 4.78 is 5.43. The molecule has 1 nitrogen and oxygen atoms in total. The van der Waals surface area contributed by atoms with E-state index in [0.717, 1.165) is 6.61 Å². The van der Waals surface area contributed by atoms with Crippen LogP contribution in [0.25, 0.3) is 0 Å². The fourth-order valence-corrected chi connectivity index (χ4v) is 1.05. The molecule has 0 aromatic carbocycles. The van der Waals surface area contributed by atoms with Gasteiger partial charge in [0.05, 0.1) is 12.7 Å². The summed E-state index contributed by atoms with van der Waals surface area (Å²) >= 11 is 0. The highest BCUT2D eigenvalue weighted by Crippen LogP contribution is 2.17. The highest BCUT2D eigenvalue weighted by atomic mass is 16.5. The van der Waals surface area contributed by atoms with Crippen molar-refractivity contribution in [3.05, 3.63) is 11.6 Å². The van der Waals surface area contributed by atoms with Gasteiger partial charge in [-0.3, -0.25) is 0 Å². The third-order valence-electron chi connectivity index (χ3n) is 1.86. The van der Waals surface area contributed by atoms with Crippen molar-refractivity contribution in [3.8, 4) is 0 Å². The first-order chi connectivity index (χ1) is 4.20. The Morgan fingerprint density at radius 1 is 1.56 bits per heavy atom. The Hall–Kier alpha value is -0.300. The lowest BCUT2D eigenvalue weighted by atomic mass is 10.0. The lowest BCUT2D eigenvalue weighted by Crippen LogP contribution is -2.22. The summed E-state index contributed by atoms with van der Waals surface area (Å²) in [6, 6.07) is 0. The van der Waals surface area contributed by atoms with E-state index in [4.69, 9.17) is 4.74 Å². The second-order valence-corrected chi connectivity index (χ2v) is 2.89. The van der Waals surface area contributed by atoms with E-state index in [9.17, 15) is 0 Å². The van der Waals surface area contributed by atoms with Crippen LogP contribution in [0.5, 0.6) is 0 Å². The maximum atomic E-state index is 5.43. The van der Waals surface area contributed by atoms with Crippen LogP contribution in [0, 0.1) is 5.92 Å². The molecule has 0 saturated heterocycles. The highest BCUT2D eigenvalue weighted by molar-refractivity contribution is 5.05. The fourth-order valence-electron chi connectivity index (χ4n) is 1.05. The highest BCUT2D eigenvalue weighted by Gasteiger charge is 2.14. The average Bonchev–Trinajstić information content (AvgIpc) is 1.80. The van der Waals surface area contributed by atoms with Crippen LogP contribution in [-0.4, -0.2) is 12.7 Å². The van der Waals surface area contributed by atoms with Gasteiger partial charge in [-0.05, 0) is 13.8 Å². The van der Waals surface area contributed by atoms with Crippen molar-refractivity contribution < 1.29 is 4.74 Å². The molecule has 1 heterocycles. The summed E-state index contributed by atoms with van der Waals surface area (Å²) in [6.45, 7) is 7.24. The van der Waals surface area contributed by atoms with E-state index < -0.39 is 0 Å². The molecular formula is C8H14O. The van der Waals surface area contributed by atoms with Gasteiger partial charge in [-0.15, -0.1) is 0 Å². The molecule has 2 atom stereocenters. The zero-order valence-electron chi connectivity index (χ0n) is 6.35. The van der Waals surface area contributed by atoms with Gasteiger partial charge in [-0.2, -0.15) is 0 Å². The Balaban J connectivity index is 2.58. The van der Waals surface area contributed by atoms with Crippen LogP contribution in [0.3, 0.4) is 0 Å². The van der Waals surface area contributed by atoms with Gasteiger partial charge in [0.15, 0.2) is 0 Å². The quantitative estimate of drug-likeness (QED) is 0.451. The first-order valence-corrected chi connectivity index (χ1v) is 3.49. The molecular weight excluding hydrogens is 112 g/mol. The summed E-state index contributed by atoms with van der Waals surface area (Å²) in [5, 5.41) is 0. The molecule has 0 aliphatic carbocycles. The van der Waals surface area contributed by atoms with E-state index in [0.29, 0.717) is 12.0 Å². The van der Waals surface area contributed by atoms with E-state index in [1.165, 1.54) is 5.57 Å². The summed E-state index contributed by atoms with van der Waals surface area (Å²) in [4.78, 5) is 0. The summed E-state index contributed by atoms with van der Waals surface area (Å²) in [7, 11) is 0. The predicted molar refractivity (Wildman–Crippen MR) is 38.3 cm³/mol. The van der Waals surface area contributed by atoms with Crippen LogP contribution >= 0.6 is 0 Å². The lowest BCUT2D eigenvalue weighted by molar-refractivity contribution is 0.0466. The van der Waals surface area contributed by atoms with Crippen LogP contribution in [0.2, 0.25) is 0 Å². The minimum Gasteiger partial charge on any atom is -0.374 e. The Morgan fingerprint density at radius 2 is 2.22 bits per heavy atom. The third-order valence-corrected chi connectivity index (χ3v) is 1.86. The Morgan fingerprint density at radius 3 is 2.67 bits per heavy atom. The van der Waals surface area contributed by atoms with Crippen LogP contribution in [-0.2, 0) is 4.74 Å². The van der Waals surface area contributed by atoms with Crippen molar-refractivity contribution >= 4 is 0 Å². The third kappa shape index (κ3) is 1.55. The zero-order chi connectivity index (χ0) is 6.85. The van der Waals surface area contributed by atoms with E-state index in [-0.39, 0.29) is 0 Å². The number of hydrogen-bond acceptors (Lipinski definition) is 1. The van der Waals surface area contributed by atoms with Gasteiger partial charge in [-0.1, -0.05) is 18.6 Å². The zero-order valence-corrected chi connectivity index (χ0v) is 6.35. The standard InChI is InChI=1S/C8H14O/c1-6-4-7(2)8(3)9-5-6/h4,7-8H,5H2,1-3H3/t7-,8-/m1/s1. The normalized spacial score (nSPS) is 36.1. The summed E-state index contributed by atoms with van der Waals surface area (Å²) in [5.74, 6) is 0.596. The fraction of sp³-hybridized carbons (Fsp3) is 0.750. The van der Waals surface area contributed by atoms with Gasteiger partial charge in [0.1, 0.15) is 0 Å². The van der Waals surface area contributed by atoms with Gasteiger partial charge < -0.3 is 4.74 Å². The molecule has 1 aliphatic rings. The molecule has 0 radical (unpaired) electrons. The second-order valence-electron chi connectivity index (χ2n) is 2.89. The molecule has 52 valence electrons. The van der Waals surface area contributed by atoms with Crippen molar-refractivity contribution in [2.24, 2.45) is 5.92 Å². The molecule has 0 spiro atoms. The molecule has 0 N–H and O–H groups in total. The van der Waals surface area contributed by atoms with Crippen molar-refractivity contribution in [1.82, 2.24) is 0 Å². The lowest BCUT2D eigenvalue weighted by Gasteiger charge is -2.23. The monoisotopic (exact) mass is 126 g/mol. The number of hydrogen-bond donors (Lipinski definition) is 0. The SMILES string of the molecule is CC1=C[C@@H](C)[C@@H](C)OC1. The van der Waals surface area contributed by atoms with Crippen molar-refractivity contribution in [1.29, 1.82) is 0 Å². The topological polar surface area (TPSA) is 9.23 Å². The predicted octanol–water partition coefficient (Wildman–Crippen LogP) is 1.99. The van der Waals surface area contributed by atoms with E-state index in [1.807, 2.05) is 0 Å². The number of rotatable bonds is 0. The van der Waals surface area contributed by atoms with Gasteiger partial charge in [-0.25, -0.2) is 0 Å². The van der Waals surface area contributed by atoms with Crippen LogP contribution in [0.15, 0.2) is 11.6 Å². The first kappa shape index (κ1) is 6.81. The summed E-state index contributed by atoms with van der Waals surface area (Å²) in [5.41, 5.74) is 1.36.